The van der Waals surface area contributed by atoms with Gasteiger partial charge in [-0.05, 0) is 0 Å². The second-order valence-electron chi connectivity index (χ2n) is 0.966. The van der Waals surface area contributed by atoms with Gasteiger partial charge in [-0.2, -0.15) is 13.2 Å². The summed E-state index contributed by atoms with van der Waals surface area (Å²) in [6.07, 6.45) is -3.97. The summed E-state index contributed by atoms with van der Waals surface area (Å²) in [6.45, 7) is 0. The van der Waals surface area contributed by atoms with Gasteiger partial charge in [0.25, 0.3) is 0 Å². The summed E-state index contributed by atoms with van der Waals surface area (Å²) in [6, 6.07) is 0. The summed E-state index contributed by atoms with van der Waals surface area (Å²) in [5.41, 5.74) is 0. The standard InChI is InChI=1S/C2H2F3I.H2O3S/c3-2(4,5)1-6;1-4(2)3/h1H2;(H2,1,2,3)/p-1. The maximum atomic E-state index is 10.8. The quantitative estimate of drug-likeness (QED) is 0.416. The number of alkyl halides is 4. The minimum absolute atomic E-state index is 0.759. The molecule has 1 unspecified atom stereocenters. The molecule has 0 aliphatic carbocycles. The number of halogens is 4. The summed E-state index contributed by atoms with van der Waals surface area (Å²) < 4.78 is 55.7. The zero-order chi connectivity index (χ0) is 8.78. The monoisotopic (exact) mass is 291 g/mol. The molecule has 0 saturated heterocycles. The Balaban J connectivity index is 0. The van der Waals surface area contributed by atoms with E-state index in [1.165, 1.54) is 22.6 Å². The van der Waals surface area contributed by atoms with Crippen LogP contribution < -0.4 is 0 Å². The first-order valence-electron chi connectivity index (χ1n) is 1.70. The predicted molar refractivity (Wildman–Crippen MR) is 36.5 cm³/mol. The molecule has 1 atom stereocenters. The lowest BCUT2D eigenvalue weighted by Crippen LogP contribution is -2.07. The van der Waals surface area contributed by atoms with E-state index in [2.05, 4.69) is 0 Å². The zero-order valence-corrected chi connectivity index (χ0v) is 7.36. The van der Waals surface area contributed by atoms with E-state index in [4.69, 9.17) is 13.3 Å². The molecule has 0 aromatic heterocycles. The van der Waals surface area contributed by atoms with Crippen molar-refractivity contribution in [2.24, 2.45) is 0 Å². The molecule has 0 saturated carbocycles. The van der Waals surface area contributed by atoms with Gasteiger partial charge in [-0.15, -0.1) is 0 Å². The van der Waals surface area contributed by atoms with E-state index in [9.17, 15) is 13.2 Å². The number of hydrogen-bond acceptors (Lipinski definition) is 2. The molecule has 0 rings (SSSR count). The van der Waals surface area contributed by atoms with Crippen molar-refractivity contribution in [3.8, 4) is 0 Å². The molecule has 0 amide bonds. The molecule has 0 bridgehead atoms. The zero-order valence-electron chi connectivity index (χ0n) is 4.39. The molecule has 0 aromatic carbocycles. The van der Waals surface area contributed by atoms with E-state index < -0.39 is 22.0 Å². The highest BCUT2D eigenvalue weighted by molar-refractivity contribution is 14.1. The molecule has 0 radical (unpaired) electrons. The van der Waals surface area contributed by atoms with E-state index in [-0.39, 0.29) is 0 Å². The summed E-state index contributed by atoms with van der Waals surface area (Å²) >= 11 is -1.59. The van der Waals surface area contributed by atoms with Crippen LogP contribution >= 0.6 is 22.6 Å². The molecule has 0 spiro atoms. The van der Waals surface area contributed by atoms with Gasteiger partial charge in [-0.1, -0.05) is 22.6 Å². The molecular formula is C2H3F3IO3S-. The largest absolute Gasteiger partial charge is 0.750 e. The van der Waals surface area contributed by atoms with Crippen molar-refractivity contribution in [1.82, 2.24) is 0 Å². The van der Waals surface area contributed by atoms with E-state index in [1.807, 2.05) is 0 Å². The van der Waals surface area contributed by atoms with Gasteiger partial charge in [-0.25, -0.2) is 4.21 Å². The summed E-state index contributed by atoms with van der Waals surface area (Å²) in [5, 5.41) is 0. The van der Waals surface area contributed by atoms with Gasteiger partial charge in [0, 0.05) is 0 Å². The smallest absolute Gasteiger partial charge is 0.397 e. The highest BCUT2D eigenvalue weighted by Crippen LogP contribution is 2.16. The predicted octanol–water partition coefficient (Wildman–Crippen LogP) is 1.32. The third-order valence-electron chi connectivity index (χ3n) is 0.152. The number of rotatable bonds is 0. The van der Waals surface area contributed by atoms with Gasteiger partial charge in [0.05, 0.1) is 15.8 Å². The fraction of sp³-hybridized carbons (Fsp3) is 1.00. The first-order chi connectivity index (χ1) is 4.29. The Bertz CT molecular complexity index is 100. The molecule has 8 heteroatoms. The normalized spacial score (nSPS) is 13.4. The minimum Gasteiger partial charge on any atom is -0.750 e. The third kappa shape index (κ3) is 38.4. The molecule has 3 nitrogen and oxygen atoms in total. The van der Waals surface area contributed by atoms with Crippen molar-refractivity contribution < 1.29 is 26.5 Å². The van der Waals surface area contributed by atoms with E-state index in [0.29, 0.717) is 0 Å². The Morgan fingerprint density at radius 2 is 1.70 bits per heavy atom. The Hall–Kier alpha value is 0.590. The Morgan fingerprint density at radius 1 is 1.60 bits per heavy atom. The van der Waals surface area contributed by atoms with Crippen molar-refractivity contribution in [3.05, 3.63) is 0 Å². The molecule has 0 fully saturated rings. The molecule has 0 aliphatic heterocycles. The van der Waals surface area contributed by atoms with Gasteiger partial charge in [0.15, 0.2) is 0 Å². The maximum absolute atomic E-state index is 10.8. The Morgan fingerprint density at radius 3 is 1.70 bits per heavy atom. The lowest BCUT2D eigenvalue weighted by Gasteiger charge is -1.95. The molecule has 0 heterocycles. The highest BCUT2D eigenvalue weighted by atomic mass is 127. The van der Waals surface area contributed by atoms with Crippen molar-refractivity contribution in [2.75, 3.05) is 4.43 Å². The van der Waals surface area contributed by atoms with E-state index in [1.54, 1.807) is 0 Å². The van der Waals surface area contributed by atoms with Crippen LogP contribution in [0.1, 0.15) is 0 Å². The molecule has 64 valence electrons. The van der Waals surface area contributed by atoms with Crippen LogP contribution in [-0.4, -0.2) is 23.9 Å². The van der Waals surface area contributed by atoms with E-state index in [0.717, 1.165) is 0 Å². The van der Waals surface area contributed by atoms with Gasteiger partial charge >= 0.3 is 6.18 Å². The van der Waals surface area contributed by atoms with Crippen LogP contribution in [0.25, 0.3) is 0 Å². The van der Waals surface area contributed by atoms with Crippen molar-refractivity contribution >= 4 is 34.0 Å². The van der Waals surface area contributed by atoms with Crippen LogP contribution in [0.5, 0.6) is 0 Å². The maximum Gasteiger partial charge on any atom is 0.397 e. The Labute approximate surface area is 71.2 Å². The van der Waals surface area contributed by atoms with Crippen LogP contribution in [0.2, 0.25) is 0 Å². The van der Waals surface area contributed by atoms with Crippen LogP contribution in [0, 0.1) is 0 Å². The van der Waals surface area contributed by atoms with Gasteiger partial charge in [-0.3, -0.25) is 0 Å². The summed E-state index contributed by atoms with van der Waals surface area (Å²) in [7, 11) is 0. The second kappa shape index (κ2) is 6.31. The van der Waals surface area contributed by atoms with Gasteiger partial charge < -0.3 is 9.11 Å². The number of hydrogen-bond donors (Lipinski definition) is 1. The minimum atomic E-state index is -3.97. The first kappa shape index (κ1) is 13.2. The fourth-order valence-electron chi connectivity index (χ4n) is 0. The average molecular weight is 291 g/mol. The summed E-state index contributed by atoms with van der Waals surface area (Å²) in [5.74, 6) is 0. The van der Waals surface area contributed by atoms with E-state index >= 15 is 0 Å². The topological polar surface area (TPSA) is 60.4 Å². The van der Waals surface area contributed by atoms with Gasteiger partial charge in [0.1, 0.15) is 0 Å². The lowest BCUT2D eigenvalue weighted by atomic mass is 10.8. The summed E-state index contributed by atoms with van der Waals surface area (Å²) in [4.78, 5) is 0. The van der Waals surface area contributed by atoms with Crippen LogP contribution in [-0.2, 0) is 11.4 Å². The second-order valence-corrected chi connectivity index (χ2v) is 2.16. The van der Waals surface area contributed by atoms with Crippen LogP contribution in [0.15, 0.2) is 0 Å². The fourth-order valence-corrected chi connectivity index (χ4v) is 0. The Kier molecular flexibility index (Phi) is 8.33. The SMILES string of the molecule is FC(F)(F)CI.O=S([O-])O. The first-order valence-corrected chi connectivity index (χ1v) is 4.26. The highest BCUT2D eigenvalue weighted by Gasteiger charge is 2.23. The molecule has 0 aliphatic rings. The average Bonchev–Trinajstić information content (AvgIpc) is 1.63. The lowest BCUT2D eigenvalue weighted by molar-refractivity contribution is -0.102. The molecule has 10 heavy (non-hydrogen) atoms. The molecular weight excluding hydrogens is 288 g/mol. The van der Waals surface area contributed by atoms with Crippen LogP contribution in [0.4, 0.5) is 13.2 Å². The van der Waals surface area contributed by atoms with Crippen molar-refractivity contribution in [1.29, 1.82) is 0 Å². The third-order valence-corrected chi connectivity index (χ3v) is 1.02. The van der Waals surface area contributed by atoms with Crippen molar-refractivity contribution in [3.63, 3.8) is 0 Å². The molecule has 0 aromatic rings. The molecule has 1 N–H and O–H groups in total. The van der Waals surface area contributed by atoms with Crippen LogP contribution in [0.3, 0.4) is 0 Å². The van der Waals surface area contributed by atoms with Gasteiger partial charge in [0.2, 0.25) is 0 Å². The van der Waals surface area contributed by atoms with Crippen molar-refractivity contribution in [2.45, 2.75) is 6.18 Å².